The number of hydrogen-bond acceptors (Lipinski definition) is 5. The molecule has 2 aromatic heterocycles. The van der Waals surface area contributed by atoms with E-state index in [0.717, 1.165) is 21.8 Å². The monoisotopic (exact) mass is 466 g/mol. The number of halogens is 5. The standard InChI is InChI=1S/C21H19ClF4N6/c1-5-6-31(17(11(2)3)21(24,25)26)19-16(18(22)30-20-28-10-29-32(19)20)15-12(4)7-13(9-27)8-14(15)23/h5,7-8,10-11,17H,1,6H2,2-4H3/t17-/m1/s1. The Morgan fingerprint density at radius 3 is 2.53 bits per heavy atom. The maximum absolute atomic E-state index is 15.2. The van der Waals surface area contributed by atoms with Gasteiger partial charge in [0.1, 0.15) is 29.2 Å². The van der Waals surface area contributed by atoms with E-state index in [4.69, 9.17) is 16.9 Å². The lowest BCUT2D eigenvalue weighted by Gasteiger charge is -2.37. The van der Waals surface area contributed by atoms with E-state index in [2.05, 4.69) is 21.6 Å². The summed E-state index contributed by atoms with van der Waals surface area (Å²) in [6.45, 7) is 7.75. The molecule has 0 saturated carbocycles. The number of hydrogen-bond donors (Lipinski definition) is 0. The molecule has 0 saturated heterocycles. The predicted octanol–water partition coefficient (Wildman–Crippen LogP) is 5.34. The summed E-state index contributed by atoms with van der Waals surface area (Å²) in [6.07, 6.45) is -2.20. The molecule has 0 aliphatic carbocycles. The Bertz CT molecular complexity index is 1190. The van der Waals surface area contributed by atoms with Crippen LogP contribution in [-0.2, 0) is 0 Å². The smallest absolute Gasteiger partial charge is 0.340 e. The molecule has 0 amide bonds. The van der Waals surface area contributed by atoms with Gasteiger partial charge in [0.05, 0.1) is 17.2 Å². The van der Waals surface area contributed by atoms with Gasteiger partial charge in [-0.2, -0.15) is 38.0 Å². The summed E-state index contributed by atoms with van der Waals surface area (Å²) in [4.78, 5) is 9.06. The number of aromatic nitrogens is 4. The fourth-order valence-corrected chi connectivity index (χ4v) is 4.05. The Hall–Kier alpha value is -3.19. The fraction of sp³-hybridized carbons (Fsp3) is 0.333. The molecule has 0 unspecified atom stereocenters. The fourth-order valence-electron chi connectivity index (χ4n) is 3.79. The lowest BCUT2D eigenvalue weighted by Crippen LogP contribution is -2.50. The Kier molecular flexibility index (Phi) is 6.41. The molecule has 32 heavy (non-hydrogen) atoms. The predicted molar refractivity (Wildman–Crippen MR) is 113 cm³/mol. The van der Waals surface area contributed by atoms with Gasteiger partial charge in [0.25, 0.3) is 5.78 Å². The van der Waals surface area contributed by atoms with Crippen molar-refractivity contribution in [3.8, 4) is 17.2 Å². The Balaban J connectivity index is 2.47. The van der Waals surface area contributed by atoms with Gasteiger partial charge in [-0.3, -0.25) is 0 Å². The number of nitrogens with zero attached hydrogens (tertiary/aromatic N) is 6. The van der Waals surface area contributed by atoms with Crippen LogP contribution in [0.2, 0.25) is 5.15 Å². The van der Waals surface area contributed by atoms with E-state index in [1.807, 2.05) is 6.07 Å². The Morgan fingerprint density at radius 2 is 2.00 bits per heavy atom. The number of aryl methyl sites for hydroxylation is 1. The van der Waals surface area contributed by atoms with Crippen LogP contribution in [0.4, 0.5) is 23.4 Å². The van der Waals surface area contributed by atoms with E-state index in [9.17, 15) is 13.2 Å². The van der Waals surface area contributed by atoms with Crippen LogP contribution in [-0.4, -0.2) is 38.3 Å². The second kappa shape index (κ2) is 8.74. The molecular weight excluding hydrogens is 448 g/mol. The minimum absolute atomic E-state index is 0.0424. The third kappa shape index (κ3) is 4.12. The van der Waals surface area contributed by atoms with Gasteiger partial charge in [-0.25, -0.2) is 4.39 Å². The van der Waals surface area contributed by atoms with Crippen LogP contribution < -0.4 is 4.90 Å². The quantitative estimate of drug-likeness (QED) is 0.278. The number of rotatable bonds is 6. The molecule has 0 fully saturated rings. The van der Waals surface area contributed by atoms with Crippen LogP contribution in [0.15, 0.2) is 31.1 Å². The Labute approximate surface area is 186 Å². The minimum atomic E-state index is -4.63. The van der Waals surface area contributed by atoms with Crippen molar-refractivity contribution in [1.29, 1.82) is 5.26 Å². The summed E-state index contributed by atoms with van der Waals surface area (Å²) < 4.78 is 58.8. The van der Waals surface area contributed by atoms with Crippen molar-refractivity contribution in [2.45, 2.75) is 33.0 Å². The highest BCUT2D eigenvalue weighted by atomic mass is 35.5. The first-order chi connectivity index (χ1) is 15.0. The van der Waals surface area contributed by atoms with Gasteiger partial charge >= 0.3 is 6.18 Å². The van der Waals surface area contributed by atoms with E-state index in [-0.39, 0.29) is 40.0 Å². The summed E-state index contributed by atoms with van der Waals surface area (Å²) in [5, 5.41) is 12.9. The topological polar surface area (TPSA) is 70.1 Å². The van der Waals surface area contributed by atoms with Gasteiger partial charge in [-0.05, 0) is 30.5 Å². The van der Waals surface area contributed by atoms with E-state index in [0.29, 0.717) is 5.56 Å². The van der Waals surface area contributed by atoms with Crippen molar-refractivity contribution < 1.29 is 17.6 Å². The molecule has 1 atom stereocenters. The number of benzene rings is 1. The van der Waals surface area contributed by atoms with Crippen LogP contribution >= 0.6 is 11.6 Å². The van der Waals surface area contributed by atoms with Gasteiger partial charge in [0.2, 0.25) is 0 Å². The zero-order valence-corrected chi connectivity index (χ0v) is 18.2. The average molecular weight is 467 g/mol. The average Bonchev–Trinajstić information content (AvgIpc) is 3.13. The summed E-state index contributed by atoms with van der Waals surface area (Å²) in [5.41, 5.74) is 0.209. The van der Waals surface area contributed by atoms with Crippen LogP contribution in [0.25, 0.3) is 16.9 Å². The molecule has 3 rings (SSSR count). The summed E-state index contributed by atoms with van der Waals surface area (Å²) in [5.74, 6) is -1.86. The molecule has 168 valence electrons. The molecule has 0 radical (unpaired) electrons. The highest BCUT2D eigenvalue weighted by molar-refractivity contribution is 6.33. The van der Waals surface area contributed by atoms with Gasteiger partial charge in [-0.1, -0.05) is 31.5 Å². The summed E-state index contributed by atoms with van der Waals surface area (Å²) in [7, 11) is 0. The molecule has 11 heteroatoms. The molecule has 0 aliphatic rings. The van der Waals surface area contributed by atoms with Crippen molar-refractivity contribution in [1.82, 2.24) is 19.6 Å². The van der Waals surface area contributed by atoms with Gasteiger partial charge in [-0.15, -0.1) is 6.58 Å². The molecular formula is C21H19ClF4N6. The van der Waals surface area contributed by atoms with Crippen molar-refractivity contribution in [2.24, 2.45) is 5.92 Å². The lowest BCUT2D eigenvalue weighted by molar-refractivity contribution is -0.157. The summed E-state index contributed by atoms with van der Waals surface area (Å²) >= 11 is 6.40. The third-order valence-corrected chi connectivity index (χ3v) is 5.20. The highest BCUT2D eigenvalue weighted by Crippen LogP contribution is 2.43. The number of anilines is 1. The number of alkyl halides is 3. The molecule has 0 N–H and O–H groups in total. The second-order valence-corrected chi connectivity index (χ2v) is 7.86. The molecule has 6 nitrogen and oxygen atoms in total. The van der Waals surface area contributed by atoms with Crippen molar-refractivity contribution in [2.75, 3.05) is 11.4 Å². The van der Waals surface area contributed by atoms with Crippen molar-refractivity contribution in [3.05, 3.63) is 53.2 Å². The normalized spacial score (nSPS) is 12.8. The van der Waals surface area contributed by atoms with Crippen LogP contribution in [0.1, 0.15) is 25.0 Å². The maximum atomic E-state index is 15.2. The zero-order valence-electron chi connectivity index (χ0n) is 17.5. The first-order valence-electron chi connectivity index (χ1n) is 9.55. The Morgan fingerprint density at radius 1 is 1.31 bits per heavy atom. The van der Waals surface area contributed by atoms with E-state index in [1.165, 1.54) is 32.9 Å². The molecule has 0 bridgehead atoms. The van der Waals surface area contributed by atoms with Gasteiger partial charge in [0.15, 0.2) is 0 Å². The lowest BCUT2D eigenvalue weighted by atomic mass is 9.96. The molecule has 0 aliphatic heterocycles. The molecule has 2 heterocycles. The zero-order chi connectivity index (χ0) is 23.8. The first-order valence-corrected chi connectivity index (χ1v) is 9.93. The number of fused-ring (bicyclic) bond motifs is 1. The largest absolute Gasteiger partial charge is 0.409 e. The summed E-state index contributed by atoms with van der Waals surface area (Å²) in [6, 6.07) is 2.30. The van der Waals surface area contributed by atoms with Crippen LogP contribution in [0, 0.1) is 30.0 Å². The van der Waals surface area contributed by atoms with Crippen LogP contribution in [0.5, 0.6) is 0 Å². The number of nitriles is 1. The van der Waals surface area contributed by atoms with E-state index < -0.39 is 24.0 Å². The van der Waals surface area contributed by atoms with Gasteiger partial charge in [0, 0.05) is 12.1 Å². The maximum Gasteiger partial charge on any atom is 0.409 e. The first kappa shape index (κ1) is 23.5. The molecule has 3 aromatic rings. The molecule has 1 aromatic carbocycles. The van der Waals surface area contributed by atoms with E-state index in [1.54, 1.807) is 0 Å². The highest BCUT2D eigenvalue weighted by Gasteiger charge is 2.47. The van der Waals surface area contributed by atoms with Gasteiger partial charge < -0.3 is 4.90 Å². The SMILES string of the molecule is C=CCN(c1c(-c2c(C)cc(C#N)cc2F)c(Cl)nc2ncnn12)[C@H](C(C)C)C(F)(F)F. The van der Waals surface area contributed by atoms with Crippen molar-refractivity contribution >= 4 is 23.2 Å². The van der Waals surface area contributed by atoms with Crippen LogP contribution in [0.3, 0.4) is 0 Å². The minimum Gasteiger partial charge on any atom is -0.340 e. The van der Waals surface area contributed by atoms with Crippen molar-refractivity contribution in [3.63, 3.8) is 0 Å². The second-order valence-electron chi connectivity index (χ2n) is 7.51. The third-order valence-electron chi connectivity index (χ3n) is 4.93. The molecule has 0 spiro atoms. The van der Waals surface area contributed by atoms with E-state index >= 15 is 4.39 Å².